The third-order valence-electron chi connectivity index (χ3n) is 3.49. The minimum atomic E-state index is -0.414. The smallest absolute Gasteiger partial charge is 0.344 e. The number of methoxy groups -OCH3 is 1. The predicted molar refractivity (Wildman–Crippen MR) is 85.2 cm³/mol. The average Bonchev–Trinajstić information content (AvgIpc) is 2.52. The maximum Gasteiger partial charge on any atom is 0.344 e. The molecule has 0 spiro atoms. The van der Waals surface area contributed by atoms with Crippen LogP contribution in [0.4, 0.5) is 0 Å². The van der Waals surface area contributed by atoms with Gasteiger partial charge in [0.25, 0.3) is 0 Å². The minimum absolute atomic E-state index is 0.257. The second-order valence-electron chi connectivity index (χ2n) is 4.95. The average molecular weight is 294 g/mol. The molecule has 0 saturated heterocycles. The van der Waals surface area contributed by atoms with Gasteiger partial charge in [0.05, 0.1) is 18.1 Å². The molecule has 1 N–H and O–H groups in total. The summed E-state index contributed by atoms with van der Waals surface area (Å²) in [5.74, 6) is 5.90. The van der Waals surface area contributed by atoms with Crippen LogP contribution in [0.2, 0.25) is 0 Å². The molecule has 0 fully saturated rings. The van der Waals surface area contributed by atoms with E-state index in [1.165, 1.54) is 0 Å². The van der Waals surface area contributed by atoms with Crippen molar-refractivity contribution in [1.29, 1.82) is 0 Å². The van der Waals surface area contributed by atoms with Gasteiger partial charge in [0.2, 0.25) is 0 Å². The Labute approximate surface area is 126 Å². The Morgan fingerprint density at radius 1 is 1.18 bits per heavy atom. The molecule has 22 heavy (non-hydrogen) atoms. The maximum absolute atomic E-state index is 12.2. The summed E-state index contributed by atoms with van der Waals surface area (Å²) < 4.78 is 10.7. The summed E-state index contributed by atoms with van der Waals surface area (Å²) in [7, 11) is 1.54. The molecule has 0 aliphatic rings. The third kappa shape index (κ3) is 2.32. The predicted octanol–water partition coefficient (Wildman–Crippen LogP) is 2.61. The van der Waals surface area contributed by atoms with Gasteiger partial charge in [-0.3, -0.25) is 0 Å². The molecule has 0 saturated carbocycles. The normalized spacial score (nSPS) is 10.5. The zero-order valence-corrected chi connectivity index (χ0v) is 12.3. The summed E-state index contributed by atoms with van der Waals surface area (Å²) in [4.78, 5) is 12.2. The van der Waals surface area contributed by atoms with E-state index in [-0.39, 0.29) is 6.61 Å². The van der Waals surface area contributed by atoms with Gasteiger partial charge in [0.1, 0.15) is 17.9 Å². The molecule has 1 aromatic heterocycles. The van der Waals surface area contributed by atoms with E-state index in [9.17, 15) is 4.79 Å². The Bertz CT molecular complexity index is 987. The van der Waals surface area contributed by atoms with E-state index in [1.54, 1.807) is 19.2 Å². The van der Waals surface area contributed by atoms with Crippen molar-refractivity contribution in [1.82, 2.24) is 0 Å². The summed E-state index contributed by atoms with van der Waals surface area (Å²) in [6.45, 7) is 1.69. The van der Waals surface area contributed by atoms with Crippen LogP contribution in [0.3, 0.4) is 0 Å². The van der Waals surface area contributed by atoms with Crippen LogP contribution in [0.1, 0.15) is 11.1 Å². The van der Waals surface area contributed by atoms with Crippen LogP contribution in [0.5, 0.6) is 5.75 Å². The number of ether oxygens (including phenoxy) is 1. The van der Waals surface area contributed by atoms with Gasteiger partial charge in [-0.15, -0.1) is 0 Å². The maximum atomic E-state index is 12.2. The number of aliphatic hydroxyl groups excluding tert-OH is 1. The van der Waals surface area contributed by atoms with Crippen molar-refractivity contribution in [3.63, 3.8) is 0 Å². The first-order chi connectivity index (χ1) is 10.6. The summed E-state index contributed by atoms with van der Waals surface area (Å²) in [5.41, 5.74) is 1.70. The van der Waals surface area contributed by atoms with Crippen LogP contribution in [-0.2, 0) is 0 Å². The van der Waals surface area contributed by atoms with Crippen LogP contribution in [0, 0.1) is 18.8 Å². The lowest BCUT2D eigenvalue weighted by Crippen LogP contribution is -2.01. The van der Waals surface area contributed by atoms with Crippen molar-refractivity contribution in [2.24, 2.45) is 0 Å². The Hall–Kier alpha value is -2.77. The molecule has 0 aliphatic carbocycles. The highest BCUT2D eigenvalue weighted by molar-refractivity contribution is 6.05. The first-order valence-electron chi connectivity index (χ1n) is 6.79. The first-order valence-corrected chi connectivity index (χ1v) is 6.79. The number of aryl methyl sites for hydroxylation is 1. The fourth-order valence-electron chi connectivity index (χ4n) is 2.46. The Balaban J connectivity index is 2.44. The molecule has 1 heterocycles. The largest absolute Gasteiger partial charge is 0.495 e. The summed E-state index contributed by atoms with van der Waals surface area (Å²) in [5, 5.41) is 10.9. The number of aliphatic hydroxyl groups is 1. The van der Waals surface area contributed by atoms with Crippen LogP contribution in [0.25, 0.3) is 21.7 Å². The Kier molecular flexibility index (Phi) is 3.58. The van der Waals surface area contributed by atoms with Crippen molar-refractivity contribution in [3.8, 4) is 17.6 Å². The van der Waals surface area contributed by atoms with Gasteiger partial charge in [0, 0.05) is 10.8 Å². The molecule has 110 valence electrons. The molecule has 3 aromatic rings. The zero-order chi connectivity index (χ0) is 15.7. The molecular formula is C18H14O4. The van der Waals surface area contributed by atoms with Crippen molar-refractivity contribution >= 4 is 21.7 Å². The topological polar surface area (TPSA) is 59.7 Å². The standard InChI is InChI=1S/C18H14O4/c1-11-5-6-13-14-10-16(21-2)12(4-3-7-19)9-15(14)18(20)22-17(13)8-11/h5-6,8-10,19H,7H2,1-2H3. The van der Waals surface area contributed by atoms with Crippen LogP contribution < -0.4 is 10.4 Å². The molecule has 0 amide bonds. The molecule has 0 radical (unpaired) electrons. The lowest BCUT2D eigenvalue weighted by atomic mass is 10.0. The Morgan fingerprint density at radius 2 is 2.00 bits per heavy atom. The van der Waals surface area contributed by atoms with Gasteiger partial charge in [-0.05, 0) is 30.7 Å². The van der Waals surface area contributed by atoms with Gasteiger partial charge in [0.15, 0.2) is 0 Å². The van der Waals surface area contributed by atoms with Crippen LogP contribution in [-0.4, -0.2) is 18.8 Å². The molecule has 0 bridgehead atoms. The molecule has 0 aliphatic heterocycles. The fourth-order valence-corrected chi connectivity index (χ4v) is 2.46. The molecule has 2 aromatic carbocycles. The minimum Gasteiger partial charge on any atom is -0.495 e. The lowest BCUT2D eigenvalue weighted by molar-refractivity contribution is 0.350. The highest BCUT2D eigenvalue weighted by Gasteiger charge is 2.11. The van der Waals surface area contributed by atoms with E-state index >= 15 is 0 Å². The number of hydrogen-bond donors (Lipinski definition) is 1. The van der Waals surface area contributed by atoms with Gasteiger partial charge in [-0.2, -0.15) is 0 Å². The van der Waals surface area contributed by atoms with E-state index in [2.05, 4.69) is 11.8 Å². The number of hydrogen-bond acceptors (Lipinski definition) is 4. The molecule has 4 heteroatoms. The van der Waals surface area contributed by atoms with Gasteiger partial charge < -0.3 is 14.3 Å². The van der Waals surface area contributed by atoms with Gasteiger partial charge >= 0.3 is 5.63 Å². The van der Waals surface area contributed by atoms with Crippen molar-refractivity contribution < 1.29 is 14.3 Å². The van der Waals surface area contributed by atoms with Crippen molar-refractivity contribution in [3.05, 3.63) is 51.9 Å². The van der Waals surface area contributed by atoms with E-state index in [1.807, 2.05) is 25.1 Å². The highest BCUT2D eigenvalue weighted by Crippen LogP contribution is 2.29. The SMILES string of the molecule is COc1cc2c(cc1C#CCO)c(=O)oc1cc(C)ccc12. The van der Waals surface area contributed by atoms with Gasteiger partial charge in [-0.1, -0.05) is 24.0 Å². The van der Waals surface area contributed by atoms with Crippen molar-refractivity contribution in [2.45, 2.75) is 6.92 Å². The summed E-state index contributed by atoms with van der Waals surface area (Å²) in [6.07, 6.45) is 0. The van der Waals surface area contributed by atoms with E-state index in [0.29, 0.717) is 22.3 Å². The third-order valence-corrected chi connectivity index (χ3v) is 3.49. The van der Waals surface area contributed by atoms with Crippen molar-refractivity contribution in [2.75, 3.05) is 13.7 Å². The fraction of sp³-hybridized carbons (Fsp3) is 0.167. The summed E-state index contributed by atoms with van der Waals surface area (Å²) in [6, 6.07) is 9.15. The summed E-state index contributed by atoms with van der Waals surface area (Å²) >= 11 is 0. The highest BCUT2D eigenvalue weighted by atomic mass is 16.5. The zero-order valence-electron chi connectivity index (χ0n) is 12.3. The van der Waals surface area contributed by atoms with Crippen LogP contribution in [0.15, 0.2) is 39.5 Å². The van der Waals surface area contributed by atoms with Crippen LogP contribution >= 0.6 is 0 Å². The monoisotopic (exact) mass is 294 g/mol. The number of fused-ring (bicyclic) bond motifs is 3. The number of benzene rings is 2. The Morgan fingerprint density at radius 3 is 2.73 bits per heavy atom. The first kappa shape index (κ1) is 14.2. The molecule has 4 nitrogen and oxygen atoms in total. The molecular weight excluding hydrogens is 280 g/mol. The van der Waals surface area contributed by atoms with E-state index < -0.39 is 5.63 Å². The molecule has 3 rings (SSSR count). The quantitative estimate of drug-likeness (QED) is 0.426. The van der Waals surface area contributed by atoms with Gasteiger partial charge in [-0.25, -0.2) is 4.79 Å². The molecule has 0 atom stereocenters. The second kappa shape index (κ2) is 5.55. The number of rotatable bonds is 1. The molecule has 0 unspecified atom stereocenters. The van der Waals surface area contributed by atoms with E-state index in [0.717, 1.165) is 16.3 Å². The lowest BCUT2D eigenvalue weighted by Gasteiger charge is -2.08. The van der Waals surface area contributed by atoms with E-state index in [4.69, 9.17) is 14.3 Å². The second-order valence-corrected chi connectivity index (χ2v) is 4.95.